The van der Waals surface area contributed by atoms with Crippen molar-refractivity contribution in [1.82, 2.24) is 24.6 Å². The molecule has 28 heavy (non-hydrogen) atoms. The fraction of sp³-hybridized carbons (Fsp3) is 0.474. The van der Waals surface area contributed by atoms with Crippen molar-refractivity contribution < 1.29 is 13.9 Å². The van der Waals surface area contributed by atoms with Crippen LogP contribution in [0.5, 0.6) is 0 Å². The molecule has 1 aliphatic heterocycles. The summed E-state index contributed by atoms with van der Waals surface area (Å²) in [5, 5.41) is 17.7. The summed E-state index contributed by atoms with van der Waals surface area (Å²) in [5.41, 5.74) is 2.85. The summed E-state index contributed by atoms with van der Waals surface area (Å²) in [5.74, 6) is 0. The lowest BCUT2D eigenvalue weighted by atomic mass is 9.97. The van der Waals surface area contributed by atoms with E-state index in [1.54, 1.807) is 18.5 Å². The number of aryl methyl sites for hydroxylation is 1. The Kier molecular flexibility index (Phi) is 5.61. The van der Waals surface area contributed by atoms with E-state index in [-0.39, 0.29) is 12.1 Å². The van der Waals surface area contributed by atoms with Gasteiger partial charge in [-0.2, -0.15) is 13.9 Å². The quantitative estimate of drug-likeness (QED) is 0.649. The summed E-state index contributed by atoms with van der Waals surface area (Å²) >= 11 is 6.21. The number of aliphatic hydroxyl groups excluding tert-OH is 1. The van der Waals surface area contributed by atoms with Crippen LogP contribution in [0.2, 0.25) is 5.02 Å². The first-order valence-electron chi connectivity index (χ1n) is 9.41. The molecule has 0 bridgehead atoms. The third-order valence-corrected chi connectivity index (χ3v) is 5.47. The van der Waals surface area contributed by atoms with Crippen LogP contribution in [-0.4, -0.2) is 43.1 Å². The SMILES string of the molecule is O[C@H]1CCCN[C@@H]1CCCn1cnc2cc(Cl)cc(-c3cnn(C(F)F)c3)c21. The van der Waals surface area contributed by atoms with Gasteiger partial charge in [-0.15, -0.1) is 0 Å². The largest absolute Gasteiger partial charge is 0.392 e. The fourth-order valence-electron chi connectivity index (χ4n) is 3.86. The molecule has 0 aliphatic carbocycles. The summed E-state index contributed by atoms with van der Waals surface area (Å²) in [4.78, 5) is 4.43. The highest BCUT2D eigenvalue weighted by Crippen LogP contribution is 2.32. The maximum absolute atomic E-state index is 12.9. The van der Waals surface area contributed by atoms with E-state index >= 15 is 0 Å². The average Bonchev–Trinajstić information content (AvgIpc) is 3.30. The first-order chi connectivity index (χ1) is 13.5. The van der Waals surface area contributed by atoms with Crippen LogP contribution in [0.15, 0.2) is 30.9 Å². The first kappa shape index (κ1) is 19.3. The zero-order valence-corrected chi connectivity index (χ0v) is 16.0. The van der Waals surface area contributed by atoms with Gasteiger partial charge in [-0.1, -0.05) is 11.6 Å². The van der Waals surface area contributed by atoms with Crippen LogP contribution < -0.4 is 5.32 Å². The van der Waals surface area contributed by atoms with Crippen LogP contribution in [0, 0.1) is 0 Å². The zero-order valence-electron chi connectivity index (χ0n) is 15.2. The zero-order chi connectivity index (χ0) is 19.7. The van der Waals surface area contributed by atoms with E-state index in [2.05, 4.69) is 15.4 Å². The van der Waals surface area contributed by atoms with Crippen LogP contribution >= 0.6 is 11.6 Å². The van der Waals surface area contributed by atoms with E-state index in [1.165, 1.54) is 12.4 Å². The molecule has 0 amide bonds. The van der Waals surface area contributed by atoms with Crippen molar-refractivity contribution in [3.8, 4) is 11.1 Å². The van der Waals surface area contributed by atoms with Crippen molar-refractivity contribution in [2.45, 2.75) is 50.9 Å². The number of halogens is 3. The van der Waals surface area contributed by atoms with E-state index in [9.17, 15) is 13.9 Å². The number of fused-ring (bicyclic) bond motifs is 1. The van der Waals surface area contributed by atoms with Crippen molar-refractivity contribution in [2.24, 2.45) is 0 Å². The molecule has 150 valence electrons. The number of nitrogens with one attached hydrogen (secondary N) is 1. The minimum absolute atomic E-state index is 0.113. The van der Waals surface area contributed by atoms with Gasteiger partial charge < -0.3 is 15.0 Å². The second-order valence-corrected chi connectivity index (χ2v) is 7.59. The molecule has 2 atom stereocenters. The second kappa shape index (κ2) is 8.14. The smallest absolute Gasteiger partial charge is 0.333 e. The Labute approximate surface area is 166 Å². The van der Waals surface area contributed by atoms with Crippen LogP contribution in [0.3, 0.4) is 0 Å². The van der Waals surface area contributed by atoms with Crippen LogP contribution in [0.1, 0.15) is 32.2 Å². The van der Waals surface area contributed by atoms with Gasteiger partial charge in [0.2, 0.25) is 0 Å². The predicted molar refractivity (Wildman–Crippen MR) is 103 cm³/mol. The Morgan fingerprint density at radius 1 is 1.36 bits per heavy atom. The molecular weight excluding hydrogens is 388 g/mol. The maximum atomic E-state index is 12.9. The van der Waals surface area contributed by atoms with Crippen molar-refractivity contribution in [3.05, 3.63) is 35.9 Å². The number of rotatable bonds is 6. The minimum Gasteiger partial charge on any atom is -0.392 e. The highest BCUT2D eigenvalue weighted by Gasteiger charge is 2.22. The van der Waals surface area contributed by atoms with E-state index in [1.807, 2.05) is 4.57 Å². The minimum atomic E-state index is -2.69. The molecule has 9 heteroatoms. The molecule has 3 heterocycles. The number of hydrogen-bond acceptors (Lipinski definition) is 4. The van der Waals surface area contributed by atoms with Crippen LogP contribution in [0.4, 0.5) is 8.78 Å². The van der Waals surface area contributed by atoms with Crippen LogP contribution in [-0.2, 0) is 6.54 Å². The monoisotopic (exact) mass is 409 g/mol. The van der Waals surface area contributed by atoms with Gasteiger partial charge in [-0.05, 0) is 44.4 Å². The predicted octanol–water partition coefficient (Wildman–Crippen LogP) is 3.84. The molecule has 2 aromatic heterocycles. The molecule has 2 N–H and O–H groups in total. The Hall–Kier alpha value is -2.03. The lowest BCUT2D eigenvalue weighted by Crippen LogP contribution is -2.44. The van der Waals surface area contributed by atoms with Gasteiger partial charge >= 0.3 is 6.55 Å². The molecule has 3 aromatic rings. The number of aliphatic hydroxyl groups is 1. The van der Waals surface area contributed by atoms with Crippen LogP contribution in [0.25, 0.3) is 22.2 Å². The summed E-state index contributed by atoms with van der Waals surface area (Å²) in [6.07, 6.45) is 7.72. The highest BCUT2D eigenvalue weighted by molar-refractivity contribution is 6.31. The second-order valence-electron chi connectivity index (χ2n) is 7.16. The first-order valence-corrected chi connectivity index (χ1v) is 9.79. The Bertz CT molecular complexity index is 957. The van der Waals surface area contributed by atoms with Gasteiger partial charge in [0.25, 0.3) is 0 Å². The number of imidazole rings is 1. The summed E-state index contributed by atoms with van der Waals surface area (Å²) in [7, 11) is 0. The molecule has 6 nitrogen and oxygen atoms in total. The van der Waals surface area contributed by atoms with Gasteiger partial charge in [0.15, 0.2) is 0 Å². The van der Waals surface area contributed by atoms with Gasteiger partial charge in [0.1, 0.15) is 0 Å². The third-order valence-electron chi connectivity index (χ3n) is 5.25. The van der Waals surface area contributed by atoms with Gasteiger partial charge in [0, 0.05) is 34.9 Å². The molecule has 1 fully saturated rings. The van der Waals surface area contributed by atoms with Gasteiger partial charge in [-0.25, -0.2) is 9.67 Å². The molecule has 0 spiro atoms. The average molecular weight is 410 g/mol. The normalized spacial score (nSPS) is 20.3. The molecule has 0 unspecified atom stereocenters. The molecule has 0 radical (unpaired) electrons. The van der Waals surface area contributed by atoms with Crippen molar-refractivity contribution in [2.75, 3.05) is 6.54 Å². The third kappa shape index (κ3) is 3.90. The maximum Gasteiger partial charge on any atom is 0.333 e. The lowest BCUT2D eigenvalue weighted by molar-refractivity contribution is 0.0566. The van der Waals surface area contributed by atoms with Crippen molar-refractivity contribution in [3.63, 3.8) is 0 Å². The Balaban J connectivity index is 1.59. The topological polar surface area (TPSA) is 67.9 Å². The van der Waals surface area contributed by atoms with E-state index in [0.29, 0.717) is 27.3 Å². The molecule has 0 saturated carbocycles. The summed E-state index contributed by atoms with van der Waals surface area (Å²) in [6.45, 7) is -1.05. The summed E-state index contributed by atoms with van der Waals surface area (Å²) < 4.78 is 28.5. The fourth-order valence-corrected chi connectivity index (χ4v) is 4.07. The molecule has 4 rings (SSSR count). The standard InChI is InChI=1S/C19H22ClF2N5O/c20-13-7-14(12-9-25-27(10-12)19(21)22)18-16(8-13)24-11-26(18)6-2-3-15-17(28)4-1-5-23-15/h7-11,15,17,19,23,28H,1-6H2/t15-,17+/m1/s1. The number of aromatic nitrogens is 4. The van der Waals surface area contributed by atoms with E-state index in [0.717, 1.165) is 43.3 Å². The van der Waals surface area contributed by atoms with Gasteiger partial charge in [0.05, 0.1) is 29.7 Å². The highest BCUT2D eigenvalue weighted by atomic mass is 35.5. The van der Waals surface area contributed by atoms with Crippen molar-refractivity contribution in [1.29, 1.82) is 0 Å². The number of nitrogens with zero attached hydrogens (tertiary/aromatic N) is 4. The lowest BCUT2D eigenvalue weighted by Gasteiger charge is -2.29. The van der Waals surface area contributed by atoms with E-state index in [4.69, 9.17) is 11.6 Å². The summed E-state index contributed by atoms with van der Waals surface area (Å²) in [6, 6.07) is 3.63. The Morgan fingerprint density at radius 2 is 2.21 bits per heavy atom. The van der Waals surface area contributed by atoms with E-state index < -0.39 is 6.55 Å². The number of alkyl halides is 2. The molecular formula is C19H22ClF2N5O. The number of piperidine rings is 1. The Morgan fingerprint density at radius 3 is 2.96 bits per heavy atom. The molecule has 1 aliphatic rings. The van der Waals surface area contributed by atoms with Crippen molar-refractivity contribution >= 4 is 22.6 Å². The van der Waals surface area contributed by atoms with Gasteiger partial charge in [-0.3, -0.25) is 0 Å². The number of benzene rings is 1. The molecule has 1 aromatic carbocycles. The molecule has 1 saturated heterocycles. The number of hydrogen-bond donors (Lipinski definition) is 2.